The minimum atomic E-state index is -0.251. The Balaban J connectivity index is 1.39. The van der Waals surface area contributed by atoms with Gasteiger partial charge in [-0.2, -0.15) is 0 Å². The first kappa shape index (κ1) is 21.4. The van der Waals surface area contributed by atoms with E-state index in [4.69, 9.17) is 4.74 Å². The van der Waals surface area contributed by atoms with Crippen LogP contribution in [0.5, 0.6) is 5.75 Å². The second-order valence-corrected chi connectivity index (χ2v) is 7.95. The van der Waals surface area contributed by atoms with Crippen molar-refractivity contribution in [2.24, 2.45) is 0 Å². The molecule has 0 saturated heterocycles. The second kappa shape index (κ2) is 9.56. The zero-order valence-corrected chi connectivity index (χ0v) is 18.3. The van der Waals surface area contributed by atoms with Crippen LogP contribution in [-0.2, 0) is 19.5 Å². The molecule has 0 bridgehead atoms. The lowest BCUT2D eigenvalue weighted by Gasteiger charge is -2.23. The lowest BCUT2D eigenvalue weighted by molar-refractivity contribution is 0.0981. The number of anilines is 1. The van der Waals surface area contributed by atoms with E-state index in [2.05, 4.69) is 23.6 Å². The van der Waals surface area contributed by atoms with Gasteiger partial charge in [0.2, 0.25) is 0 Å². The van der Waals surface area contributed by atoms with Gasteiger partial charge in [0.05, 0.1) is 7.11 Å². The summed E-state index contributed by atoms with van der Waals surface area (Å²) in [4.78, 5) is 27.2. The molecular weight excluding hydrogens is 402 g/mol. The van der Waals surface area contributed by atoms with Crippen molar-refractivity contribution < 1.29 is 14.3 Å². The number of nitrogens with one attached hydrogen (secondary N) is 2. The molecule has 0 saturated carbocycles. The van der Waals surface area contributed by atoms with Gasteiger partial charge in [-0.3, -0.25) is 4.79 Å². The van der Waals surface area contributed by atoms with Crippen molar-refractivity contribution in [2.75, 3.05) is 12.0 Å². The van der Waals surface area contributed by atoms with Crippen molar-refractivity contribution in [2.45, 2.75) is 32.5 Å². The number of hydrogen-bond acceptors (Lipinski definition) is 3. The van der Waals surface area contributed by atoms with Gasteiger partial charge in [-0.05, 0) is 60.4 Å². The molecule has 164 valence electrons. The number of fused-ring (bicyclic) bond motifs is 1. The Bertz CT molecular complexity index is 1110. The van der Waals surface area contributed by atoms with Crippen LogP contribution in [0, 0.1) is 0 Å². The van der Waals surface area contributed by atoms with E-state index in [1.54, 1.807) is 7.11 Å². The molecule has 0 unspecified atom stereocenters. The Morgan fingerprint density at radius 2 is 1.66 bits per heavy atom. The highest BCUT2D eigenvalue weighted by Gasteiger charge is 2.31. The van der Waals surface area contributed by atoms with Crippen LogP contribution in [0.3, 0.4) is 0 Å². The molecule has 1 aliphatic heterocycles. The Morgan fingerprint density at radius 3 is 2.38 bits per heavy atom. The van der Waals surface area contributed by atoms with Gasteiger partial charge in [0.1, 0.15) is 5.75 Å². The van der Waals surface area contributed by atoms with E-state index in [1.165, 1.54) is 0 Å². The van der Waals surface area contributed by atoms with E-state index >= 15 is 0 Å². The minimum Gasteiger partial charge on any atom is -0.497 e. The maximum absolute atomic E-state index is 13.1. The van der Waals surface area contributed by atoms with E-state index in [-0.39, 0.29) is 18.0 Å². The number of nitrogens with zero attached hydrogens (tertiary/aromatic N) is 1. The number of carbonyl (C=O) groups excluding carboxylic acids is 2. The average Bonchev–Trinajstić information content (AvgIpc) is 3.16. The summed E-state index contributed by atoms with van der Waals surface area (Å²) < 4.78 is 5.21. The Morgan fingerprint density at radius 1 is 0.938 bits per heavy atom. The molecule has 32 heavy (non-hydrogen) atoms. The predicted molar refractivity (Wildman–Crippen MR) is 125 cm³/mol. The second-order valence-electron chi connectivity index (χ2n) is 7.95. The lowest BCUT2D eigenvalue weighted by Crippen LogP contribution is -2.36. The maximum Gasteiger partial charge on any atom is 0.315 e. The van der Waals surface area contributed by atoms with Gasteiger partial charge in [-0.25, -0.2) is 4.79 Å². The van der Waals surface area contributed by atoms with Crippen molar-refractivity contribution in [3.63, 3.8) is 0 Å². The molecule has 1 atom stereocenters. The van der Waals surface area contributed by atoms with Crippen molar-refractivity contribution in [1.82, 2.24) is 10.6 Å². The summed E-state index contributed by atoms with van der Waals surface area (Å²) in [5, 5.41) is 5.75. The lowest BCUT2D eigenvalue weighted by atomic mass is 10.1. The van der Waals surface area contributed by atoms with Crippen molar-refractivity contribution in [3.05, 3.63) is 95.1 Å². The van der Waals surface area contributed by atoms with E-state index in [9.17, 15) is 9.59 Å². The number of amides is 3. The Labute approximate surface area is 188 Å². The van der Waals surface area contributed by atoms with E-state index < -0.39 is 0 Å². The number of ether oxygens (including phenoxy) is 1. The number of rotatable bonds is 6. The molecule has 3 amide bonds. The molecule has 0 aliphatic carbocycles. The van der Waals surface area contributed by atoms with Gasteiger partial charge in [0.25, 0.3) is 5.91 Å². The van der Waals surface area contributed by atoms with Crippen LogP contribution in [0.4, 0.5) is 10.5 Å². The molecule has 4 rings (SSSR count). The standard InChI is InChI=1S/C26H27N3O3/c1-18-13-22-12-11-20(15-24(22)29(18)25(30)21-8-4-3-5-9-21)17-28-26(31)27-16-19-7-6-10-23(14-19)32-2/h3-12,14-15,18H,13,16-17H2,1-2H3,(H2,27,28,31)/t18-/m1/s1. The van der Waals surface area contributed by atoms with Crippen LogP contribution in [0.1, 0.15) is 34.0 Å². The van der Waals surface area contributed by atoms with Gasteiger partial charge >= 0.3 is 6.03 Å². The number of hydrogen-bond donors (Lipinski definition) is 2. The Kier molecular flexibility index (Phi) is 6.40. The van der Waals surface area contributed by atoms with E-state index in [0.29, 0.717) is 18.7 Å². The van der Waals surface area contributed by atoms with Crippen LogP contribution in [0.2, 0.25) is 0 Å². The monoisotopic (exact) mass is 429 g/mol. The third-order valence-corrected chi connectivity index (χ3v) is 5.65. The minimum absolute atomic E-state index is 0.00186. The summed E-state index contributed by atoms with van der Waals surface area (Å²) in [6, 6.07) is 22.8. The van der Waals surface area contributed by atoms with Crippen molar-refractivity contribution >= 4 is 17.6 Å². The van der Waals surface area contributed by atoms with Gasteiger partial charge in [0.15, 0.2) is 0 Å². The topological polar surface area (TPSA) is 70.7 Å². The van der Waals surface area contributed by atoms with E-state index in [1.807, 2.05) is 71.6 Å². The highest BCUT2D eigenvalue weighted by Crippen LogP contribution is 2.34. The molecule has 0 spiro atoms. The molecule has 0 aromatic heterocycles. The van der Waals surface area contributed by atoms with Crippen LogP contribution in [0.15, 0.2) is 72.8 Å². The first-order chi connectivity index (χ1) is 15.5. The van der Waals surface area contributed by atoms with Gasteiger partial charge in [0, 0.05) is 30.4 Å². The first-order valence-electron chi connectivity index (χ1n) is 10.7. The Hall–Kier alpha value is -3.80. The number of benzene rings is 3. The molecular formula is C26H27N3O3. The fourth-order valence-electron chi connectivity index (χ4n) is 4.00. The van der Waals surface area contributed by atoms with Gasteiger partial charge in [-0.15, -0.1) is 0 Å². The largest absolute Gasteiger partial charge is 0.497 e. The fourth-order valence-corrected chi connectivity index (χ4v) is 4.00. The smallest absolute Gasteiger partial charge is 0.315 e. The van der Waals surface area contributed by atoms with Gasteiger partial charge < -0.3 is 20.3 Å². The average molecular weight is 430 g/mol. The highest BCUT2D eigenvalue weighted by atomic mass is 16.5. The molecule has 3 aromatic carbocycles. The summed E-state index contributed by atoms with van der Waals surface area (Å²) >= 11 is 0. The normalized spacial score (nSPS) is 14.6. The summed E-state index contributed by atoms with van der Waals surface area (Å²) in [5.74, 6) is 0.754. The predicted octanol–water partition coefficient (Wildman–Crippen LogP) is 4.29. The third kappa shape index (κ3) is 4.75. The third-order valence-electron chi connectivity index (χ3n) is 5.65. The summed E-state index contributed by atoms with van der Waals surface area (Å²) in [6.07, 6.45) is 0.822. The van der Waals surface area contributed by atoms with Crippen LogP contribution in [-0.4, -0.2) is 25.1 Å². The number of methoxy groups -OCH3 is 1. The molecule has 6 heteroatoms. The summed E-state index contributed by atoms with van der Waals surface area (Å²) in [6.45, 7) is 2.84. The molecule has 1 aliphatic rings. The fraction of sp³-hybridized carbons (Fsp3) is 0.231. The molecule has 0 fully saturated rings. The molecule has 2 N–H and O–H groups in total. The molecule has 6 nitrogen and oxygen atoms in total. The van der Waals surface area contributed by atoms with Crippen molar-refractivity contribution in [1.29, 1.82) is 0 Å². The zero-order chi connectivity index (χ0) is 22.5. The van der Waals surface area contributed by atoms with Crippen molar-refractivity contribution in [3.8, 4) is 5.75 Å². The summed E-state index contributed by atoms with van der Waals surface area (Å²) in [5.41, 5.74) is 4.64. The maximum atomic E-state index is 13.1. The zero-order valence-electron chi connectivity index (χ0n) is 18.3. The first-order valence-corrected chi connectivity index (χ1v) is 10.7. The van der Waals surface area contributed by atoms with Crippen LogP contribution in [0.25, 0.3) is 0 Å². The molecule has 0 radical (unpaired) electrons. The van der Waals surface area contributed by atoms with Gasteiger partial charge in [-0.1, -0.05) is 42.5 Å². The number of urea groups is 1. The molecule has 1 heterocycles. The molecule has 3 aromatic rings. The van der Waals surface area contributed by atoms with Crippen LogP contribution >= 0.6 is 0 Å². The summed E-state index contributed by atoms with van der Waals surface area (Å²) in [7, 11) is 1.62. The quantitative estimate of drug-likeness (QED) is 0.614. The SMILES string of the molecule is COc1cccc(CNC(=O)NCc2ccc3c(c2)N(C(=O)c2ccccc2)[C@H](C)C3)c1. The number of carbonyl (C=O) groups is 2. The van der Waals surface area contributed by atoms with E-state index in [0.717, 1.165) is 34.5 Å². The highest BCUT2D eigenvalue weighted by molar-refractivity contribution is 6.07. The van der Waals surface area contributed by atoms with Crippen LogP contribution < -0.4 is 20.3 Å².